The van der Waals surface area contributed by atoms with E-state index in [4.69, 9.17) is 18.9 Å². The van der Waals surface area contributed by atoms with E-state index in [-0.39, 0.29) is 17.1 Å². The molecule has 176 valence electrons. The lowest BCUT2D eigenvalue weighted by molar-refractivity contribution is -0.119. The van der Waals surface area contributed by atoms with E-state index in [0.29, 0.717) is 17.1 Å². The van der Waals surface area contributed by atoms with E-state index in [1.807, 2.05) is 44.2 Å². The van der Waals surface area contributed by atoms with Crippen molar-refractivity contribution in [1.82, 2.24) is 4.57 Å². The summed E-state index contributed by atoms with van der Waals surface area (Å²) in [6.07, 6.45) is 0. The van der Waals surface area contributed by atoms with Crippen molar-refractivity contribution in [2.45, 2.75) is 13.8 Å². The third-order valence-electron chi connectivity index (χ3n) is 5.33. The van der Waals surface area contributed by atoms with Gasteiger partial charge in [0.25, 0.3) is 5.91 Å². The minimum Gasteiger partial charge on any atom is -0.493 e. The van der Waals surface area contributed by atoms with Crippen LogP contribution in [0.15, 0.2) is 42.5 Å². The lowest BCUT2D eigenvalue weighted by Gasteiger charge is -2.14. The van der Waals surface area contributed by atoms with E-state index in [9.17, 15) is 14.9 Å². The maximum atomic E-state index is 12.7. The van der Waals surface area contributed by atoms with Gasteiger partial charge in [-0.05, 0) is 43.7 Å². The number of rotatable bonds is 8. The van der Waals surface area contributed by atoms with E-state index in [1.54, 1.807) is 4.57 Å². The number of benzene rings is 2. The minimum absolute atomic E-state index is 0.124. The van der Waals surface area contributed by atoms with Gasteiger partial charge in [-0.25, -0.2) is 4.79 Å². The Labute approximate surface area is 197 Å². The molecule has 2 aromatic carbocycles. The normalized spacial score (nSPS) is 10.2. The molecule has 1 amide bonds. The number of para-hydroxylation sites is 1. The number of carbonyl (C=O) groups is 2. The number of esters is 1. The van der Waals surface area contributed by atoms with Crippen LogP contribution in [0.5, 0.6) is 17.2 Å². The number of hydrogen-bond acceptors (Lipinski definition) is 7. The van der Waals surface area contributed by atoms with Crippen molar-refractivity contribution in [2.75, 3.05) is 33.3 Å². The van der Waals surface area contributed by atoms with Crippen molar-refractivity contribution in [3.8, 4) is 29.0 Å². The Balaban J connectivity index is 1.81. The fourth-order valence-corrected chi connectivity index (χ4v) is 3.54. The lowest BCUT2D eigenvalue weighted by Crippen LogP contribution is -2.23. The third kappa shape index (κ3) is 4.66. The monoisotopic (exact) mass is 463 g/mol. The Kier molecular flexibility index (Phi) is 7.43. The van der Waals surface area contributed by atoms with Crippen LogP contribution in [0.4, 0.5) is 5.82 Å². The van der Waals surface area contributed by atoms with Crippen LogP contribution in [-0.4, -0.2) is 44.4 Å². The van der Waals surface area contributed by atoms with E-state index in [2.05, 4.69) is 11.4 Å². The van der Waals surface area contributed by atoms with Gasteiger partial charge in [-0.1, -0.05) is 18.2 Å². The molecule has 0 bridgehead atoms. The number of anilines is 1. The van der Waals surface area contributed by atoms with Crippen LogP contribution in [0.2, 0.25) is 0 Å². The number of aromatic nitrogens is 1. The molecule has 1 heterocycles. The van der Waals surface area contributed by atoms with Crippen molar-refractivity contribution in [3.05, 3.63) is 64.8 Å². The van der Waals surface area contributed by atoms with E-state index in [1.165, 1.54) is 33.5 Å². The SMILES string of the molecule is COc1cc(C(=O)OCC(=O)Nc2c(C#N)c(C)c(C)n2-c2ccccc2)cc(OC)c1OC. The Morgan fingerprint density at radius 1 is 1.00 bits per heavy atom. The topological polar surface area (TPSA) is 112 Å². The summed E-state index contributed by atoms with van der Waals surface area (Å²) in [4.78, 5) is 25.3. The number of hydrogen-bond donors (Lipinski definition) is 1. The fraction of sp³-hybridized carbons (Fsp3) is 0.240. The summed E-state index contributed by atoms with van der Waals surface area (Å²) < 4.78 is 22.7. The first-order chi connectivity index (χ1) is 16.4. The molecular weight excluding hydrogens is 438 g/mol. The van der Waals surface area contributed by atoms with Gasteiger partial charge in [0.2, 0.25) is 5.75 Å². The number of ether oxygens (including phenoxy) is 4. The van der Waals surface area contributed by atoms with Gasteiger partial charge >= 0.3 is 5.97 Å². The van der Waals surface area contributed by atoms with Gasteiger partial charge in [-0.15, -0.1) is 0 Å². The Morgan fingerprint density at radius 3 is 2.15 bits per heavy atom. The minimum atomic E-state index is -0.749. The summed E-state index contributed by atoms with van der Waals surface area (Å²) in [5, 5.41) is 12.4. The average Bonchev–Trinajstić information content (AvgIpc) is 3.10. The molecule has 1 aromatic heterocycles. The Hall–Kier alpha value is -4.45. The zero-order valence-electron chi connectivity index (χ0n) is 19.6. The number of carbonyl (C=O) groups excluding carboxylic acids is 2. The average molecular weight is 463 g/mol. The highest BCUT2D eigenvalue weighted by Gasteiger charge is 2.22. The molecule has 0 fully saturated rings. The molecule has 3 aromatic rings. The summed E-state index contributed by atoms with van der Waals surface area (Å²) in [7, 11) is 4.31. The maximum Gasteiger partial charge on any atom is 0.338 e. The van der Waals surface area contributed by atoms with Crippen LogP contribution in [0.25, 0.3) is 5.69 Å². The van der Waals surface area contributed by atoms with E-state index < -0.39 is 18.5 Å². The highest BCUT2D eigenvalue weighted by Crippen LogP contribution is 2.38. The summed E-state index contributed by atoms with van der Waals surface area (Å²) in [6, 6.07) is 14.3. The molecule has 0 saturated carbocycles. The first-order valence-electron chi connectivity index (χ1n) is 10.3. The number of methoxy groups -OCH3 is 3. The molecule has 3 rings (SSSR count). The van der Waals surface area contributed by atoms with Gasteiger partial charge in [0.05, 0.1) is 32.5 Å². The quantitative estimate of drug-likeness (QED) is 0.506. The van der Waals surface area contributed by atoms with Crippen LogP contribution in [0.1, 0.15) is 27.2 Å². The largest absolute Gasteiger partial charge is 0.493 e. The van der Waals surface area contributed by atoms with Gasteiger partial charge in [0.1, 0.15) is 11.9 Å². The molecule has 0 aliphatic rings. The summed E-state index contributed by atoms with van der Waals surface area (Å²) >= 11 is 0. The molecule has 0 spiro atoms. The second-order valence-electron chi connectivity index (χ2n) is 7.26. The zero-order chi connectivity index (χ0) is 24.8. The van der Waals surface area contributed by atoms with E-state index >= 15 is 0 Å². The molecule has 9 heteroatoms. The fourth-order valence-electron chi connectivity index (χ4n) is 3.54. The second kappa shape index (κ2) is 10.4. The molecule has 0 radical (unpaired) electrons. The molecule has 1 N–H and O–H groups in total. The molecule has 0 unspecified atom stereocenters. The van der Waals surface area contributed by atoms with Gasteiger partial charge in [-0.2, -0.15) is 5.26 Å². The van der Waals surface area contributed by atoms with Crippen LogP contribution >= 0.6 is 0 Å². The molecule has 0 aliphatic heterocycles. The maximum absolute atomic E-state index is 12.7. The Bertz CT molecular complexity index is 1230. The number of nitrogens with zero attached hydrogens (tertiary/aromatic N) is 2. The van der Waals surface area contributed by atoms with Gasteiger partial charge in [0, 0.05) is 11.4 Å². The van der Waals surface area contributed by atoms with Crippen LogP contribution in [-0.2, 0) is 9.53 Å². The van der Waals surface area contributed by atoms with Crippen molar-refractivity contribution in [3.63, 3.8) is 0 Å². The molecule has 0 aliphatic carbocycles. The number of nitriles is 1. The van der Waals surface area contributed by atoms with Gasteiger partial charge in [-0.3, -0.25) is 9.36 Å². The van der Waals surface area contributed by atoms with E-state index in [0.717, 1.165) is 16.9 Å². The highest BCUT2D eigenvalue weighted by molar-refractivity contribution is 5.97. The first kappa shape index (κ1) is 24.2. The zero-order valence-corrected chi connectivity index (χ0v) is 19.6. The molecule has 0 atom stereocenters. The van der Waals surface area contributed by atoms with Crippen LogP contribution in [0.3, 0.4) is 0 Å². The summed E-state index contributed by atoms with van der Waals surface area (Å²) in [5.41, 5.74) is 2.81. The van der Waals surface area contributed by atoms with Crippen LogP contribution < -0.4 is 19.5 Å². The molecule has 0 saturated heterocycles. The predicted molar refractivity (Wildman–Crippen MR) is 125 cm³/mol. The molecule has 9 nitrogen and oxygen atoms in total. The summed E-state index contributed by atoms with van der Waals surface area (Å²) in [6.45, 7) is 3.12. The van der Waals surface area contributed by atoms with Gasteiger partial charge in [0.15, 0.2) is 18.1 Å². The number of nitrogens with one attached hydrogen (secondary N) is 1. The first-order valence-corrected chi connectivity index (χ1v) is 10.3. The third-order valence-corrected chi connectivity index (χ3v) is 5.33. The lowest BCUT2D eigenvalue weighted by atomic mass is 10.2. The number of amides is 1. The highest BCUT2D eigenvalue weighted by atomic mass is 16.5. The Morgan fingerprint density at radius 2 is 1.62 bits per heavy atom. The summed E-state index contributed by atoms with van der Waals surface area (Å²) in [5.74, 6) is -0.131. The van der Waals surface area contributed by atoms with Crippen molar-refractivity contribution in [1.29, 1.82) is 5.26 Å². The van der Waals surface area contributed by atoms with Crippen molar-refractivity contribution < 1.29 is 28.5 Å². The standard InChI is InChI=1S/C25H25N3O6/c1-15-16(2)28(18-9-7-6-8-10-18)24(19(15)13-26)27-22(29)14-34-25(30)17-11-20(31-3)23(33-5)21(12-17)32-4/h6-12H,14H2,1-5H3,(H,27,29). The molecular formula is C25H25N3O6. The van der Waals surface area contributed by atoms with Crippen LogP contribution in [0, 0.1) is 25.2 Å². The second-order valence-corrected chi connectivity index (χ2v) is 7.26. The predicted octanol–water partition coefficient (Wildman–Crippen LogP) is 3.79. The van der Waals surface area contributed by atoms with Crippen molar-refractivity contribution in [2.24, 2.45) is 0 Å². The smallest absolute Gasteiger partial charge is 0.338 e. The molecule has 34 heavy (non-hydrogen) atoms. The van der Waals surface area contributed by atoms with Crippen molar-refractivity contribution >= 4 is 17.7 Å². The van der Waals surface area contributed by atoms with Gasteiger partial charge < -0.3 is 24.3 Å².